The molecule has 0 aromatic heterocycles. The lowest BCUT2D eigenvalue weighted by Gasteiger charge is -2.34. The zero-order valence-electron chi connectivity index (χ0n) is 20.4. The highest BCUT2D eigenvalue weighted by Gasteiger charge is 2.30. The van der Waals surface area contributed by atoms with Crippen LogP contribution < -0.4 is 16.0 Å². The number of esters is 1. The summed E-state index contributed by atoms with van der Waals surface area (Å²) >= 11 is 3.58. The van der Waals surface area contributed by atoms with E-state index in [2.05, 4.69) is 56.8 Å². The van der Waals surface area contributed by atoms with Crippen LogP contribution in [0, 0.1) is 5.41 Å². The largest absolute Gasteiger partial charge is 0.462 e. The number of hydrogen-bond donors (Lipinski definition) is 3. The molecule has 0 saturated carbocycles. The molecular weight excluding hydrogens is 508 g/mol. The Labute approximate surface area is 214 Å². The van der Waals surface area contributed by atoms with Crippen molar-refractivity contribution < 1.29 is 14.3 Å². The van der Waals surface area contributed by atoms with Gasteiger partial charge in [0, 0.05) is 40.0 Å². The third kappa shape index (κ3) is 6.82. The maximum atomic E-state index is 12.9. The van der Waals surface area contributed by atoms with E-state index in [0.29, 0.717) is 24.4 Å². The number of allylic oxidation sites excluding steroid dienone is 1. The summed E-state index contributed by atoms with van der Waals surface area (Å²) in [4.78, 5) is 28.9. The molecule has 35 heavy (non-hydrogen) atoms. The van der Waals surface area contributed by atoms with Crippen LogP contribution in [0.1, 0.15) is 47.1 Å². The van der Waals surface area contributed by atoms with Gasteiger partial charge in [-0.15, -0.1) is 0 Å². The standard InChI is InChI=1S/C27H31BrN4O3/c1-5-35-26(34)19-11-9-18(10-12-19)25(33)32-23-15-21(13-14-27(23,2)3)30-17-31-24-20(16-29-4)7-6-8-22(24)28/h6-16,23,30-31H,5,17H2,1-4H3,(H,32,33)/t23-/m1/s1. The molecule has 184 valence electrons. The lowest BCUT2D eigenvalue weighted by atomic mass is 9.80. The maximum absolute atomic E-state index is 12.9. The SMILES string of the molecule is CCOC(=O)c1ccc(C(=O)N[C@@H]2C=C(NCNc3c(Br)cccc3C=NC)C=CC2(C)C)cc1. The van der Waals surface area contributed by atoms with Gasteiger partial charge >= 0.3 is 5.97 Å². The first kappa shape index (κ1) is 26.2. The van der Waals surface area contributed by atoms with Crippen molar-refractivity contribution in [2.24, 2.45) is 10.4 Å². The van der Waals surface area contributed by atoms with Crippen LogP contribution in [0.2, 0.25) is 0 Å². The molecule has 8 heteroatoms. The molecule has 0 saturated heterocycles. The van der Waals surface area contributed by atoms with Gasteiger partial charge in [-0.25, -0.2) is 4.79 Å². The van der Waals surface area contributed by atoms with E-state index < -0.39 is 5.97 Å². The summed E-state index contributed by atoms with van der Waals surface area (Å²) < 4.78 is 5.95. The number of para-hydroxylation sites is 1. The average Bonchev–Trinajstić information content (AvgIpc) is 2.83. The molecule has 1 atom stereocenters. The average molecular weight is 539 g/mol. The molecule has 3 rings (SSSR count). The van der Waals surface area contributed by atoms with Crippen molar-refractivity contribution in [3.05, 3.63) is 87.6 Å². The molecule has 2 aromatic rings. The summed E-state index contributed by atoms with van der Waals surface area (Å²) in [5.74, 6) is -0.610. The van der Waals surface area contributed by atoms with Crippen molar-refractivity contribution in [3.63, 3.8) is 0 Å². The fourth-order valence-electron chi connectivity index (χ4n) is 3.61. The van der Waals surface area contributed by atoms with E-state index in [-0.39, 0.29) is 17.4 Å². The highest BCUT2D eigenvalue weighted by atomic mass is 79.9. The van der Waals surface area contributed by atoms with Gasteiger partial charge in [-0.05, 0) is 65.3 Å². The number of carbonyl (C=O) groups excluding carboxylic acids is 2. The summed E-state index contributed by atoms with van der Waals surface area (Å²) in [5.41, 5.74) is 3.46. The van der Waals surface area contributed by atoms with Gasteiger partial charge in [0.1, 0.15) is 0 Å². The number of nitrogens with zero attached hydrogens (tertiary/aromatic N) is 1. The second-order valence-electron chi connectivity index (χ2n) is 8.65. The Morgan fingerprint density at radius 3 is 2.51 bits per heavy atom. The van der Waals surface area contributed by atoms with Gasteiger partial charge in [0.05, 0.1) is 30.6 Å². The highest BCUT2D eigenvalue weighted by Crippen LogP contribution is 2.29. The van der Waals surface area contributed by atoms with E-state index in [1.165, 1.54) is 0 Å². The molecule has 1 aliphatic carbocycles. The minimum Gasteiger partial charge on any atom is -0.462 e. The number of ether oxygens (including phenoxy) is 1. The molecule has 1 aliphatic rings. The first-order valence-electron chi connectivity index (χ1n) is 11.4. The summed E-state index contributed by atoms with van der Waals surface area (Å²) in [5, 5.41) is 9.87. The number of nitrogens with one attached hydrogen (secondary N) is 3. The number of carbonyl (C=O) groups is 2. The van der Waals surface area contributed by atoms with E-state index in [1.54, 1.807) is 44.5 Å². The van der Waals surface area contributed by atoms with Crippen molar-refractivity contribution in [1.82, 2.24) is 10.6 Å². The van der Waals surface area contributed by atoms with Gasteiger partial charge < -0.3 is 20.7 Å². The Morgan fingerprint density at radius 2 is 1.83 bits per heavy atom. The molecule has 1 amide bonds. The molecule has 0 spiro atoms. The zero-order valence-corrected chi connectivity index (χ0v) is 22.0. The smallest absolute Gasteiger partial charge is 0.338 e. The van der Waals surface area contributed by atoms with Crippen LogP contribution in [0.25, 0.3) is 0 Å². The number of rotatable bonds is 9. The van der Waals surface area contributed by atoms with Gasteiger partial charge in [-0.2, -0.15) is 0 Å². The van der Waals surface area contributed by atoms with Crippen molar-refractivity contribution in [2.45, 2.75) is 26.8 Å². The first-order valence-corrected chi connectivity index (χ1v) is 12.2. The molecule has 0 radical (unpaired) electrons. The molecule has 3 N–H and O–H groups in total. The highest BCUT2D eigenvalue weighted by molar-refractivity contribution is 9.10. The van der Waals surface area contributed by atoms with Crippen LogP contribution in [0.5, 0.6) is 0 Å². The van der Waals surface area contributed by atoms with Crippen LogP contribution in [-0.4, -0.2) is 44.5 Å². The second-order valence-corrected chi connectivity index (χ2v) is 9.50. The minimum absolute atomic E-state index is 0.209. The lowest BCUT2D eigenvalue weighted by molar-refractivity contribution is 0.0526. The Balaban J connectivity index is 1.65. The zero-order chi connectivity index (χ0) is 25.4. The van der Waals surface area contributed by atoms with Crippen molar-refractivity contribution in [3.8, 4) is 0 Å². The van der Waals surface area contributed by atoms with E-state index in [4.69, 9.17) is 4.74 Å². The summed E-state index contributed by atoms with van der Waals surface area (Å²) in [7, 11) is 1.74. The number of hydrogen-bond acceptors (Lipinski definition) is 6. The molecule has 0 fully saturated rings. The van der Waals surface area contributed by atoms with Crippen LogP contribution in [0.15, 0.2) is 75.9 Å². The Kier molecular flexibility index (Phi) is 8.87. The summed E-state index contributed by atoms with van der Waals surface area (Å²) in [6, 6.07) is 12.2. The van der Waals surface area contributed by atoms with Gasteiger partial charge in [0.2, 0.25) is 0 Å². The summed E-state index contributed by atoms with van der Waals surface area (Å²) in [6.07, 6.45) is 7.92. The van der Waals surface area contributed by atoms with Gasteiger partial charge in [0.15, 0.2) is 0 Å². The minimum atomic E-state index is -0.401. The first-order chi connectivity index (χ1) is 16.7. The number of amides is 1. The third-order valence-corrected chi connectivity index (χ3v) is 6.32. The van der Waals surface area contributed by atoms with Crippen molar-refractivity contribution >= 4 is 39.7 Å². The van der Waals surface area contributed by atoms with Crippen LogP contribution in [-0.2, 0) is 4.74 Å². The third-order valence-electron chi connectivity index (χ3n) is 5.66. The quantitative estimate of drug-likeness (QED) is 0.239. The number of benzene rings is 2. The monoisotopic (exact) mass is 538 g/mol. The van der Waals surface area contributed by atoms with Gasteiger partial charge in [-0.3, -0.25) is 9.79 Å². The predicted octanol–water partition coefficient (Wildman–Crippen LogP) is 4.91. The van der Waals surface area contributed by atoms with Gasteiger partial charge in [-0.1, -0.05) is 32.1 Å². The van der Waals surface area contributed by atoms with E-state index in [1.807, 2.05) is 30.4 Å². The Hall–Kier alpha value is -3.39. The molecular formula is C27H31BrN4O3. The number of anilines is 1. The molecule has 7 nitrogen and oxygen atoms in total. The lowest BCUT2D eigenvalue weighted by Crippen LogP contribution is -2.45. The van der Waals surface area contributed by atoms with Crippen LogP contribution >= 0.6 is 15.9 Å². The normalized spacial score (nSPS) is 16.5. The van der Waals surface area contributed by atoms with Crippen molar-refractivity contribution in [2.75, 3.05) is 25.6 Å². The van der Waals surface area contributed by atoms with Crippen LogP contribution in [0.4, 0.5) is 5.69 Å². The summed E-state index contributed by atoms with van der Waals surface area (Å²) in [6.45, 7) is 6.69. The molecule has 0 aliphatic heterocycles. The van der Waals surface area contributed by atoms with Crippen LogP contribution in [0.3, 0.4) is 0 Å². The molecule has 2 aromatic carbocycles. The molecule has 0 heterocycles. The predicted molar refractivity (Wildman–Crippen MR) is 144 cm³/mol. The van der Waals surface area contributed by atoms with E-state index in [9.17, 15) is 9.59 Å². The maximum Gasteiger partial charge on any atom is 0.338 e. The Bertz CT molecular complexity index is 1150. The Morgan fingerprint density at radius 1 is 1.11 bits per heavy atom. The molecule has 0 unspecified atom stereocenters. The second kappa shape index (κ2) is 11.8. The topological polar surface area (TPSA) is 91.8 Å². The van der Waals surface area contributed by atoms with E-state index in [0.717, 1.165) is 21.4 Å². The number of aliphatic imine (C=N–C) groups is 1. The molecule has 0 bridgehead atoms. The fourth-order valence-corrected chi connectivity index (χ4v) is 4.13. The fraction of sp³-hybridized carbons (Fsp3) is 0.296. The van der Waals surface area contributed by atoms with Gasteiger partial charge in [0.25, 0.3) is 5.91 Å². The van der Waals surface area contributed by atoms with E-state index >= 15 is 0 Å². The van der Waals surface area contributed by atoms with Crippen molar-refractivity contribution in [1.29, 1.82) is 0 Å². The number of halogens is 1.